The minimum atomic E-state index is -2.98. The molecule has 0 saturated carbocycles. The predicted molar refractivity (Wildman–Crippen MR) is 217 cm³/mol. The number of hydrogen-bond donors (Lipinski definition) is 18. The van der Waals surface area contributed by atoms with E-state index in [1.54, 1.807) is 0 Å². The Morgan fingerprint density at radius 2 is 1.11 bits per heavy atom. The standard InChI is InChI=1S/C39H65N3O28/c1-10-22(51)27(56)29(58)36(63-10)69-33-28(57)24(53)16(7-44)66-37(33)68-31-21(42-13(4)48)35(65-17(8-45)25(31)54)67-30-20(41-12(3)47)34(59)64-18(26(30)55)9-62-39(38(60)61)5-14(49)19(40-11(2)46)32(70-39)23(52)15(50)6-43/h10,14-37,43-45,49-59H,5-9H2,1-4H3,(H,40,46)(H,41,47)(H,42,48)(H,60,61)/t10-,14-,15+,16+,17+,18+,19+,20+,21+,22+,23+,24-,25+,26-,27+,28-,29-,30+,31+,32+,33+,34?,35-,36-,37-,39+/m0/s1. The molecule has 0 aliphatic carbocycles. The van der Waals surface area contributed by atoms with Gasteiger partial charge in [-0.3, -0.25) is 14.4 Å². The van der Waals surface area contributed by atoms with Gasteiger partial charge < -0.3 is 135 Å². The Kier molecular flexibility index (Phi) is 20.1. The number of rotatable bonds is 18. The molecular formula is C39H65N3O28. The number of amides is 3. The van der Waals surface area contributed by atoms with Crippen LogP contribution in [-0.4, -0.2) is 286 Å². The molecule has 70 heavy (non-hydrogen) atoms. The Balaban J connectivity index is 1.47. The van der Waals surface area contributed by atoms with Gasteiger partial charge in [0, 0.05) is 27.2 Å². The lowest BCUT2D eigenvalue weighted by molar-refractivity contribution is -0.384. The second kappa shape index (κ2) is 24.3. The lowest BCUT2D eigenvalue weighted by Gasteiger charge is -2.51. The number of aliphatic hydroxyl groups is 14. The first-order valence-corrected chi connectivity index (χ1v) is 22.1. The summed E-state index contributed by atoms with van der Waals surface area (Å²) in [4.78, 5) is 50.1. The van der Waals surface area contributed by atoms with Crippen molar-refractivity contribution in [3.05, 3.63) is 0 Å². The molecule has 0 aromatic heterocycles. The Bertz CT molecular complexity index is 1760. The Morgan fingerprint density at radius 3 is 1.69 bits per heavy atom. The fraction of sp³-hybridized carbons (Fsp3) is 0.897. The summed E-state index contributed by atoms with van der Waals surface area (Å²) in [7, 11) is 0. The molecule has 18 N–H and O–H groups in total. The number of nitrogens with one attached hydrogen (secondary N) is 3. The van der Waals surface area contributed by atoms with Crippen LogP contribution in [0, 0.1) is 0 Å². The fourth-order valence-electron chi connectivity index (χ4n) is 8.75. The zero-order valence-electron chi connectivity index (χ0n) is 38.0. The first-order valence-electron chi connectivity index (χ1n) is 22.1. The molecule has 5 fully saturated rings. The van der Waals surface area contributed by atoms with Gasteiger partial charge in [-0.15, -0.1) is 0 Å². The van der Waals surface area contributed by atoms with E-state index in [2.05, 4.69) is 16.0 Å². The highest BCUT2D eigenvalue weighted by atomic mass is 16.8. The van der Waals surface area contributed by atoms with Crippen LogP contribution in [0.2, 0.25) is 0 Å². The second-order valence-electron chi connectivity index (χ2n) is 17.6. The van der Waals surface area contributed by atoms with Crippen LogP contribution in [0.4, 0.5) is 0 Å². The molecule has 0 radical (unpaired) electrons. The summed E-state index contributed by atoms with van der Waals surface area (Å²) in [5, 5.41) is 167. The quantitative estimate of drug-likeness (QED) is 0.0606. The van der Waals surface area contributed by atoms with Crippen molar-refractivity contribution in [3.63, 3.8) is 0 Å². The molecule has 31 nitrogen and oxygen atoms in total. The molecule has 404 valence electrons. The molecule has 1 unspecified atom stereocenters. The summed E-state index contributed by atoms with van der Waals surface area (Å²) in [6, 6.07) is -5.17. The van der Waals surface area contributed by atoms with Crippen LogP contribution in [0.1, 0.15) is 34.1 Å². The van der Waals surface area contributed by atoms with E-state index in [4.69, 9.17) is 42.6 Å². The van der Waals surface area contributed by atoms with Crippen LogP contribution >= 0.6 is 0 Å². The average molecular weight is 1020 g/mol. The van der Waals surface area contributed by atoms with Crippen molar-refractivity contribution in [1.29, 1.82) is 0 Å². The molecule has 5 aliphatic heterocycles. The van der Waals surface area contributed by atoms with Crippen molar-refractivity contribution in [2.75, 3.05) is 26.4 Å². The number of carboxylic acids is 1. The van der Waals surface area contributed by atoms with Crippen LogP contribution < -0.4 is 16.0 Å². The van der Waals surface area contributed by atoms with E-state index in [0.717, 1.165) is 20.8 Å². The maximum Gasteiger partial charge on any atom is 0.364 e. The fourth-order valence-corrected chi connectivity index (χ4v) is 8.75. The van der Waals surface area contributed by atoms with Gasteiger partial charge in [0.25, 0.3) is 5.79 Å². The van der Waals surface area contributed by atoms with Crippen molar-refractivity contribution in [1.82, 2.24) is 16.0 Å². The molecule has 0 spiro atoms. The number of ether oxygens (including phenoxy) is 9. The molecule has 5 aliphatic rings. The number of hydrogen-bond acceptors (Lipinski definition) is 27. The van der Waals surface area contributed by atoms with Crippen molar-refractivity contribution in [2.45, 2.75) is 193 Å². The third kappa shape index (κ3) is 12.6. The van der Waals surface area contributed by atoms with E-state index in [0.29, 0.717) is 0 Å². The van der Waals surface area contributed by atoms with E-state index in [1.807, 2.05) is 0 Å². The van der Waals surface area contributed by atoms with Gasteiger partial charge in [0.05, 0.1) is 44.7 Å². The lowest BCUT2D eigenvalue weighted by atomic mass is 9.88. The molecule has 26 atom stereocenters. The van der Waals surface area contributed by atoms with Gasteiger partial charge in [0.1, 0.15) is 110 Å². The molecular weight excluding hydrogens is 958 g/mol. The van der Waals surface area contributed by atoms with E-state index in [1.165, 1.54) is 6.92 Å². The predicted octanol–water partition coefficient (Wildman–Crippen LogP) is -11.3. The van der Waals surface area contributed by atoms with Crippen molar-refractivity contribution < 1.29 is 138 Å². The first kappa shape index (κ1) is 57.9. The SMILES string of the molecule is CC(=O)N[C@H]1[C@H](O[C@H]2[C@@H](O)[C@@H](CO[C@]3(C(=O)O)C[C@H](O)[C@@H](NC(C)=O)[C@H]([C@H](O)[C@H](O)CO)O3)OC(O)[C@@H]2NC(C)=O)O[C@H](CO)[C@@H](O)[C@@H]1O[C@@H]1O[C@H](CO)[C@H](O)[C@H](O)[C@H]1O[C@@H]1O[C@@H](C)[C@@H](O)[C@@H](O)[C@@H]1O. The summed E-state index contributed by atoms with van der Waals surface area (Å²) >= 11 is 0. The van der Waals surface area contributed by atoms with Crippen molar-refractivity contribution in [2.24, 2.45) is 0 Å². The molecule has 0 aromatic carbocycles. The lowest BCUT2D eigenvalue weighted by Crippen LogP contribution is -2.71. The highest BCUT2D eigenvalue weighted by Gasteiger charge is 2.59. The van der Waals surface area contributed by atoms with Crippen LogP contribution in [0.3, 0.4) is 0 Å². The third-order valence-electron chi connectivity index (χ3n) is 12.5. The zero-order chi connectivity index (χ0) is 52.3. The van der Waals surface area contributed by atoms with Crippen LogP contribution in [0.5, 0.6) is 0 Å². The van der Waals surface area contributed by atoms with Crippen molar-refractivity contribution in [3.8, 4) is 0 Å². The summed E-state index contributed by atoms with van der Waals surface area (Å²) < 4.78 is 51.8. The maximum absolute atomic E-state index is 12.8. The molecule has 31 heteroatoms. The number of carbonyl (C=O) groups is 4. The Labute approximate surface area is 397 Å². The van der Waals surface area contributed by atoms with E-state index in [9.17, 15) is 95.8 Å². The smallest absolute Gasteiger partial charge is 0.364 e. The summed E-state index contributed by atoms with van der Waals surface area (Å²) in [5.74, 6) is -7.45. The minimum absolute atomic E-state index is 0.779. The maximum atomic E-state index is 12.8. The summed E-state index contributed by atoms with van der Waals surface area (Å²) in [6.45, 7) is 0.130. The van der Waals surface area contributed by atoms with E-state index >= 15 is 0 Å². The second-order valence-corrected chi connectivity index (χ2v) is 17.6. The van der Waals surface area contributed by atoms with Gasteiger partial charge in [0.2, 0.25) is 17.7 Å². The van der Waals surface area contributed by atoms with Crippen LogP contribution in [0.25, 0.3) is 0 Å². The highest BCUT2D eigenvalue weighted by Crippen LogP contribution is 2.37. The monoisotopic (exact) mass is 1020 g/mol. The number of aliphatic carboxylic acids is 1. The zero-order valence-corrected chi connectivity index (χ0v) is 38.0. The molecule has 5 saturated heterocycles. The minimum Gasteiger partial charge on any atom is -0.477 e. The first-order chi connectivity index (χ1) is 32.8. The largest absolute Gasteiger partial charge is 0.477 e. The van der Waals surface area contributed by atoms with Gasteiger partial charge in [-0.2, -0.15) is 0 Å². The Hall–Kier alpha value is -3.04. The average Bonchev–Trinajstić information content (AvgIpc) is 3.30. The van der Waals surface area contributed by atoms with E-state index < -0.39 is 215 Å². The molecule has 3 amide bonds. The molecule has 5 heterocycles. The summed E-state index contributed by atoms with van der Waals surface area (Å²) in [5.41, 5.74) is 0. The molecule has 0 aromatic rings. The van der Waals surface area contributed by atoms with Gasteiger partial charge in [-0.05, 0) is 6.92 Å². The van der Waals surface area contributed by atoms with Crippen molar-refractivity contribution >= 4 is 23.7 Å². The normalized spacial score (nSPS) is 45.5. The van der Waals surface area contributed by atoms with Crippen LogP contribution in [-0.2, 0) is 61.8 Å². The number of aliphatic hydroxyl groups excluding tert-OH is 14. The van der Waals surface area contributed by atoms with E-state index in [-0.39, 0.29) is 0 Å². The molecule has 0 bridgehead atoms. The Morgan fingerprint density at radius 1 is 0.600 bits per heavy atom. The van der Waals surface area contributed by atoms with Crippen LogP contribution in [0.15, 0.2) is 0 Å². The summed E-state index contributed by atoms with van der Waals surface area (Å²) in [6.07, 6.45) is -43.0. The number of carbonyl (C=O) groups excluding carboxylic acids is 3. The topological polar surface area (TPSA) is 491 Å². The van der Waals surface area contributed by atoms with Gasteiger partial charge in [-0.1, -0.05) is 0 Å². The van der Waals surface area contributed by atoms with Gasteiger partial charge >= 0.3 is 5.97 Å². The third-order valence-corrected chi connectivity index (χ3v) is 12.5. The highest BCUT2D eigenvalue weighted by molar-refractivity contribution is 5.77. The number of carboxylic acid groups (broad SMARTS) is 1. The van der Waals surface area contributed by atoms with Gasteiger partial charge in [0.15, 0.2) is 25.2 Å². The molecule has 5 rings (SSSR count). The van der Waals surface area contributed by atoms with Gasteiger partial charge in [-0.25, -0.2) is 4.79 Å².